The molecule has 2 unspecified atom stereocenters. The molecule has 2 rings (SSSR count). The van der Waals surface area contributed by atoms with E-state index in [1.54, 1.807) is 13.8 Å². The minimum absolute atomic E-state index is 0.0300. The number of hydrogen-bond donors (Lipinski definition) is 2. The maximum Gasteiger partial charge on any atom is 0.339 e. The number of carboxylic acid groups (broad SMARTS) is 2. The Hall–Kier alpha value is -5.34. The maximum atomic E-state index is 12.9. The van der Waals surface area contributed by atoms with Crippen molar-refractivity contribution in [3.05, 3.63) is 95.1 Å². The predicted molar refractivity (Wildman–Crippen MR) is 172 cm³/mol. The van der Waals surface area contributed by atoms with Gasteiger partial charge in [0.25, 0.3) is 0 Å². The summed E-state index contributed by atoms with van der Waals surface area (Å²) in [7, 11) is 0. The first-order chi connectivity index (χ1) is 23.0. The third kappa shape index (κ3) is 13.4. The summed E-state index contributed by atoms with van der Waals surface area (Å²) in [6.07, 6.45) is -2.23. The zero-order valence-corrected chi connectivity index (χ0v) is 27.7. The van der Waals surface area contributed by atoms with Crippen molar-refractivity contribution in [2.75, 3.05) is 39.6 Å². The van der Waals surface area contributed by atoms with Crippen LogP contribution >= 0.6 is 0 Å². The number of ether oxygens (including phenoxy) is 6. The molecule has 2 N–H and O–H groups in total. The molecular formula is C35H40O14. The van der Waals surface area contributed by atoms with Crippen molar-refractivity contribution >= 4 is 35.8 Å². The fourth-order valence-electron chi connectivity index (χ4n) is 3.92. The standard InChI is InChI=1S/C35H40O14/c1-21(2)31(40)46-17-23(48-33(42)27-13-9-7-11-25(27)29(36)37)15-44-19-35(5,6)20-45-16-24(18-47-32(41)22(3)4)49-34(43)28-14-10-8-12-26(28)30(38)39/h7-14,23-24H,1,3,15-20H2,2,4-6H3,(H,36,37)(H,38,39). The quantitative estimate of drug-likeness (QED) is 0.115. The molecular weight excluding hydrogens is 644 g/mol. The highest BCUT2D eigenvalue weighted by Gasteiger charge is 2.27. The second-order valence-electron chi connectivity index (χ2n) is 11.7. The van der Waals surface area contributed by atoms with Crippen molar-refractivity contribution in [1.29, 1.82) is 0 Å². The van der Waals surface area contributed by atoms with Crippen molar-refractivity contribution in [2.24, 2.45) is 5.41 Å². The molecule has 0 fully saturated rings. The van der Waals surface area contributed by atoms with Gasteiger partial charge in [0, 0.05) is 16.6 Å². The minimum Gasteiger partial charge on any atom is -0.478 e. The van der Waals surface area contributed by atoms with Crippen LogP contribution < -0.4 is 0 Å². The Kier molecular flexibility index (Phi) is 15.3. The van der Waals surface area contributed by atoms with Crippen LogP contribution in [0.3, 0.4) is 0 Å². The molecule has 0 bridgehead atoms. The average Bonchev–Trinajstić information content (AvgIpc) is 3.04. The van der Waals surface area contributed by atoms with E-state index in [4.69, 9.17) is 28.4 Å². The second kappa shape index (κ2) is 18.9. The van der Waals surface area contributed by atoms with Gasteiger partial charge in [0.05, 0.1) is 48.7 Å². The maximum absolute atomic E-state index is 12.9. The number of benzene rings is 2. The van der Waals surface area contributed by atoms with Crippen LogP contribution in [-0.2, 0) is 38.0 Å². The minimum atomic E-state index is -1.33. The van der Waals surface area contributed by atoms with Gasteiger partial charge >= 0.3 is 35.8 Å². The summed E-state index contributed by atoms with van der Waals surface area (Å²) in [5.41, 5.74) is -1.40. The van der Waals surface area contributed by atoms with Gasteiger partial charge in [-0.15, -0.1) is 0 Å². The highest BCUT2D eigenvalue weighted by molar-refractivity contribution is 6.03. The largest absolute Gasteiger partial charge is 0.478 e. The van der Waals surface area contributed by atoms with E-state index < -0.39 is 66.7 Å². The van der Waals surface area contributed by atoms with E-state index >= 15 is 0 Å². The van der Waals surface area contributed by atoms with Crippen LogP contribution in [0, 0.1) is 5.41 Å². The van der Waals surface area contributed by atoms with Crippen molar-refractivity contribution in [3.8, 4) is 0 Å². The lowest BCUT2D eigenvalue weighted by Crippen LogP contribution is -2.35. The van der Waals surface area contributed by atoms with Gasteiger partial charge in [0.1, 0.15) is 13.2 Å². The lowest BCUT2D eigenvalue weighted by atomic mass is 9.96. The molecule has 2 aromatic carbocycles. The van der Waals surface area contributed by atoms with Crippen LogP contribution in [0.2, 0.25) is 0 Å². The molecule has 2 aromatic rings. The van der Waals surface area contributed by atoms with Gasteiger partial charge in [0.2, 0.25) is 0 Å². The molecule has 14 heteroatoms. The summed E-state index contributed by atoms with van der Waals surface area (Å²) in [4.78, 5) is 72.8. The average molecular weight is 685 g/mol. The lowest BCUT2D eigenvalue weighted by Gasteiger charge is -2.27. The first-order valence-corrected chi connectivity index (χ1v) is 14.9. The van der Waals surface area contributed by atoms with Gasteiger partial charge in [-0.05, 0) is 38.1 Å². The van der Waals surface area contributed by atoms with Crippen molar-refractivity contribution < 1.29 is 67.4 Å². The molecule has 0 aliphatic rings. The molecule has 0 saturated heterocycles. The summed E-state index contributed by atoms with van der Waals surface area (Å²) < 4.78 is 32.7. The molecule has 0 saturated carbocycles. The van der Waals surface area contributed by atoms with E-state index in [0.29, 0.717) is 0 Å². The number of carboxylic acids is 2. The van der Waals surface area contributed by atoms with Gasteiger partial charge in [-0.3, -0.25) is 0 Å². The summed E-state index contributed by atoms with van der Waals surface area (Å²) in [5, 5.41) is 18.9. The van der Waals surface area contributed by atoms with Gasteiger partial charge in [0.15, 0.2) is 12.2 Å². The molecule has 0 spiro atoms. The number of hydrogen-bond acceptors (Lipinski definition) is 12. The Labute approximate surface area is 283 Å². The van der Waals surface area contributed by atoms with Gasteiger partial charge in [-0.25, -0.2) is 28.8 Å². The third-order valence-corrected chi connectivity index (χ3v) is 6.39. The van der Waals surface area contributed by atoms with E-state index in [-0.39, 0.29) is 59.8 Å². The zero-order valence-electron chi connectivity index (χ0n) is 27.7. The molecule has 14 nitrogen and oxygen atoms in total. The molecule has 0 aliphatic heterocycles. The molecule has 2 atom stereocenters. The number of carbonyl (C=O) groups excluding carboxylic acids is 4. The first-order valence-electron chi connectivity index (χ1n) is 14.9. The number of aromatic carboxylic acids is 2. The van der Waals surface area contributed by atoms with Crippen molar-refractivity contribution in [2.45, 2.75) is 39.9 Å². The van der Waals surface area contributed by atoms with Gasteiger partial charge < -0.3 is 38.6 Å². The summed E-state index contributed by atoms with van der Waals surface area (Å²) in [6, 6.07) is 10.9. The molecule has 264 valence electrons. The molecule has 49 heavy (non-hydrogen) atoms. The Balaban J connectivity index is 2.05. The van der Waals surface area contributed by atoms with E-state index in [1.165, 1.54) is 62.4 Å². The molecule has 0 amide bonds. The first kappa shape index (κ1) is 39.8. The van der Waals surface area contributed by atoms with Crippen LogP contribution in [0.15, 0.2) is 72.8 Å². The van der Waals surface area contributed by atoms with Crippen molar-refractivity contribution in [3.63, 3.8) is 0 Å². The Morgan fingerprint density at radius 3 is 1.24 bits per heavy atom. The van der Waals surface area contributed by atoms with Crippen molar-refractivity contribution in [1.82, 2.24) is 0 Å². The number of carbonyl (C=O) groups is 6. The molecule has 0 heterocycles. The van der Waals surface area contributed by atoms with E-state index in [2.05, 4.69) is 13.2 Å². The summed E-state index contributed by atoms with van der Waals surface area (Å²) >= 11 is 0. The van der Waals surface area contributed by atoms with E-state index in [1.807, 2.05) is 0 Å². The number of esters is 4. The van der Waals surface area contributed by atoms with Gasteiger partial charge in [-0.1, -0.05) is 51.3 Å². The fourth-order valence-corrected chi connectivity index (χ4v) is 3.92. The summed E-state index contributed by atoms with van der Waals surface area (Å²) in [6.45, 7) is 12.2. The van der Waals surface area contributed by atoms with Crippen LogP contribution in [-0.4, -0.2) is 97.9 Å². The van der Waals surface area contributed by atoms with Gasteiger partial charge in [-0.2, -0.15) is 0 Å². The predicted octanol–water partition coefficient (Wildman–Crippen LogP) is 4.13. The van der Waals surface area contributed by atoms with E-state index in [0.717, 1.165) is 0 Å². The Bertz CT molecular complexity index is 1440. The molecule has 0 aliphatic carbocycles. The lowest BCUT2D eigenvalue weighted by molar-refractivity contribution is -0.144. The number of rotatable bonds is 20. The normalized spacial score (nSPS) is 12.2. The monoisotopic (exact) mass is 684 g/mol. The van der Waals surface area contributed by atoms with Crippen LogP contribution in [0.1, 0.15) is 69.1 Å². The Morgan fingerprint density at radius 2 is 0.939 bits per heavy atom. The van der Waals surface area contributed by atoms with E-state index in [9.17, 15) is 39.0 Å². The van der Waals surface area contributed by atoms with Crippen LogP contribution in [0.4, 0.5) is 0 Å². The summed E-state index contributed by atoms with van der Waals surface area (Å²) in [5.74, 6) is -6.02. The molecule has 0 radical (unpaired) electrons. The van der Waals surface area contributed by atoms with Crippen LogP contribution in [0.25, 0.3) is 0 Å². The topological polar surface area (TPSA) is 198 Å². The third-order valence-electron chi connectivity index (χ3n) is 6.39. The fraction of sp³-hybridized carbons (Fsp3) is 0.371. The second-order valence-corrected chi connectivity index (χ2v) is 11.7. The SMILES string of the molecule is C=C(C)C(=O)OCC(COCC(C)(C)COCC(COC(=O)C(=C)C)OC(=O)c1ccccc1C(=O)O)OC(=O)c1ccccc1C(=O)O. The zero-order chi connectivity index (χ0) is 36.7. The highest BCUT2D eigenvalue weighted by atomic mass is 16.6. The Morgan fingerprint density at radius 1 is 0.612 bits per heavy atom. The smallest absolute Gasteiger partial charge is 0.339 e. The highest BCUT2D eigenvalue weighted by Crippen LogP contribution is 2.19. The molecule has 0 aromatic heterocycles. The van der Waals surface area contributed by atoms with Crippen LogP contribution in [0.5, 0.6) is 0 Å².